The van der Waals surface area contributed by atoms with E-state index in [9.17, 15) is 4.79 Å². The van der Waals surface area contributed by atoms with Crippen molar-refractivity contribution >= 4 is 34.3 Å². The lowest BCUT2D eigenvalue weighted by Crippen LogP contribution is -2.29. The summed E-state index contributed by atoms with van der Waals surface area (Å²) in [5, 5.41) is 20.4. The van der Waals surface area contributed by atoms with Crippen LogP contribution >= 0.6 is 23.1 Å². The van der Waals surface area contributed by atoms with E-state index in [2.05, 4.69) is 31.1 Å². The summed E-state index contributed by atoms with van der Waals surface area (Å²) in [6.07, 6.45) is 2.45. The molecule has 0 unspecified atom stereocenters. The number of tetrazole rings is 1. The van der Waals surface area contributed by atoms with Gasteiger partial charge in [-0.15, -0.1) is 16.4 Å². The van der Waals surface area contributed by atoms with Crippen molar-refractivity contribution in [2.24, 2.45) is 0 Å². The smallest absolute Gasteiger partial charge is 0.321 e. The largest absolute Gasteiger partial charge is 0.338 e. The van der Waals surface area contributed by atoms with Crippen LogP contribution in [0.4, 0.5) is 9.93 Å². The van der Waals surface area contributed by atoms with Crippen LogP contribution in [-0.2, 0) is 0 Å². The lowest BCUT2D eigenvalue weighted by molar-refractivity contribution is 0.252. The van der Waals surface area contributed by atoms with Gasteiger partial charge in [0.05, 0.1) is 5.69 Å². The second kappa shape index (κ2) is 8.41. The van der Waals surface area contributed by atoms with Crippen LogP contribution in [0.5, 0.6) is 0 Å². The number of thioether (sulfide) groups is 1. The number of benzene rings is 1. The minimum atomic E-state index is -0.246. The number of aromatic nitrogens is 5. The number of amides is 2. The minimum absolute atomic E-state index is 0.246. The number of rotatable bonds is 7. The van der Waals surface area contributed by atoms with Crippen LogP contribution in [0.15, 0.2) is 47.1 Å². The molecule has 0 radical (unpaired) electrons. The number of hydrogen-bond acceptors (Lipinski definition) is 7. The number of nitrogens with one attached hydrogen (secondary N) is 2. The lowest BCUT2D eigenvalue weighted by Gasteiger charge is -2.06. The Bertz CT molecular complexity index is 761. The first-order chi connectivity index (χ1) is 11.8. The van der Waals surface area contributed by atoms with Crippen molar-refractivity contribution in [3.05, 3.63) is 41.9 Å². The van der Waals surface area contributed by atoms with Gasteiger partial charge in [0.25, 0.3) is 0 Å². The number of carbonyl (C=O) groups excluding carboxylic acids is 1. The monoisotopic (exact) mass is 361 g/mol. The molecule has 10 heteroatoms. The third kappa shape index (κ3) is 4.52. The summed E-state index contributed by atoms with van der Waals surface area (Å²) in [5.41, 5.74) is 0.922. The van der Waals surface area contributed by atoms with Crippen molar-refractivity contribution in [3.8, 4) is 5.69 Å². The standard InChI is InChI=1S/C14H15N7OS2/c22-12(17-13-16-8-10-23-13)15-7-4-9-24-14-18-19-20-21(14)11-5-2-1-3-6-11/h1-3,5-6,8,10H,4,7,9H2,(H2,15,16,17,22). The fourth-order valence-corrected chi connectivity index (χ4v) is 3.22. The zero-order chi connectivity index (χ0) is 16.6. The molecular weight excluding hydrogens is 346 g/mol. The highest BCUT2D eigenvalue weighted by atomic mass is 32.2. The second-order valence-electron chi connectivity index (χ2n) is 4.63. The van der Waals surface area contributed by atoms with Crippen LogP contribution in [0, 0.1) is 0 Å². The van der Waals surface area contributed by atoms with Crippen LogP contribution in [0.2, 0.25) is 0 Å². The van der Waals surface area contributed by atoms with Crippen molar-refractivity contribution in [2.75, 3.05) is 17.6 Å². The third-order valence-corrected chi connectivity index (χ3v) is 4.63. The summed E-state index contributed by atoms with van der Waals surface area (Å²) < 4.78 is 1.70. The number of hydrogen-bond donors (Lipinski definition) is 2. The first kappa shape index (κ1) is 16.4. The van der Waals surface area contributed by atoms with Gasteiger partial charge in [0.15, 0.2) is 5.13 Å². The second-order valence-corrected chi connectivity index (χ2v) is 6.59. The van der Waals surface area contributed by atoms with E-state index < -0.39 is 0 Å². The SMILES string of the molecule is O=C(NCCCSc1nnnn1-c1ccccc1)Nc1nccs1. The van der Waals surface area contributed by atoms with Gasteiger partial charge < -0.3 is 5.32 Å². The van der Waals surface area contributed by atoms with E-state index in [0.717, 1.165) is 23.0 Å². The number of nitrogens with zero attached hydrogens (tertiary/aromatic N) is 5. The van der Waals surface area contributed by atoms with Gasteiger partial charge in [-0.25, -0.2) is 9.78 Å². The van der Waals surface area contributed by atoms with Crippen LogP contribution in [0.25, 0.3) is 5.69 Å². The quantitative estimate of drug-likeness (QED) is 0.495. The van der Waals surface area contributed by atoms with E-state index in [1.807, 2.05) is 35.7 Å². The summed E-state index contributed by atoms with van der Waals surface area (Å²) >= 11 is 2.93. The Hall–Kier alpha value is -2.46. The number of para-hydroxylation sites is 1. The van der Waals surface area contributed by atoms with Gasteiger partial charge >= 0.3 is 6.03 Å². The predicted molar refractivity (Wildman–Crippen MR) is 93.6 cm³/mol. The molecule has 3 aromatic rings. The maximum Gasteiger partial charge on any atom is 0.321 e. The summed E-state index contributed by atoms with van der Waals surface area (Å²) in [6, 6.07) is 9.48. The molecule has 124 valence electrons. The van der Waals surface area contributed by atoms with Gasteiger partial charge in [0.2, 0.25) is 5.16 Å². The molecule has 0 saturated heterocycles. The molecule has 2 amide bonds. The molecule has 1 aromatic carbocycles. The molecule has 3 rings (SSSR count). The Balaban J connectivity index is 1.40. The lowest BCUT2D eigenvalue weighted by atomic mass is 10.3. The van der Waals surface area contributed by atoms with Gasteiger partial charge in [0, 0.05) is 23.9 Å². The van der Waals surface area contributed by atoms with E-state index in [1.165, 1.54) is 11.3 Å². The normalized spacial score (nSPS) is 10.5. The Kier molecular flexibility index (Phi) is 5.75. The Labute approximate surface area is 146 Å². The van der Waals surface area contributed by atoms with E-state index in [1.54, 1.807) is 22.6 Å². The first-order valence-corrected chi connectivity index (χ1v) is 9.10. The van der Waals surface area contributed by atoms with Gasteiger partial charge in [-0.05, 0) is 29.0 Å². The topological polar surface area (TPSA) is 97.6 Å². The van der Waals surface area contributed by atoms with Gasteiger partial charge in [-0.2, -0.15) is 4.68 Å². The highest BCUT2D eigenvalue weighted by Gasteiger charge is 2.08. The van der Waals surface area contributed by atoms with Crippen LogP contribution < -0.4 is 10.6 Å². The zero-order valence-corrected chi connectivity index (χ0v) is 14.3. The van der Waals surface area contributed by atoms with Crippen LogP contribution in [0.1, 0.15) is 6.42 Å². The highest BCUT2D eigenvalue weighted by Crippen LogP contribution is 2.18. The Morgan fingerprint density at radius 3 is 2.96 bits per heavy atom. The number of carbonyl (C=O) groups is 1. The molecule has 2 N–H and O–H groups in total. The third-order valence-electron chi connectivity index (χ3n) is 2.93. The number of urea groups is 1. The maximum atomic E-state index is 11.6. The predicted octanol–water partition coefficient (Wildman–Crippen LogP) is 2.42. The molecule has 0 saturated carbocycles. The molecule has 0 bridgehead atoms. The molecule has 0 fully saturated rings. The van der Waals surface area contributed by atoms with E-state index in [-0.39, 0.29) is 6.03 Å². The van der Waals surface area contributed by atoms with E-state index >= 15 is 0 Å². The fourth-order valence-electron chi connectivity index (χ4n) is 1.86. The molecule has 8 nitrogen and oxygen atoms in total. The van der Waals surface area contributed by atoms with E-state index in [4.69, 9.17) is 0 Å². The summed E-state index contributed by atoms with van der Waals surface area (Å²) in [6.45, 7) is 0.567. The number of anilines is 1. The molecule has 24 heavy (non-hydrogen) atoms. The van der Waals surface area contributed by atoms with Crippen LogP contribution in [-0.4, -0.2) is 43.5 Å². The van der Waals surface area contributed by atoms with Gasteiger partial charge in [0.1, 0.15) is 0 Å². The molecule has 0 spiro atoms. The van der Waals surface area contributed by atoms with Gasteiger partial charge in [-0.1, -0.05) is 30.0 Å². The van der Waals surface area contributed by atoms with Crippen molar-refractivity contribution in [1.29, 1.82) is 0 Å². The van der Waals surface area contributed by atoms with Gasteiger partial charge in [-0.3, -0.25) is 5.32 Å². The first-order valence-electron chi connectivity index (χ1n) is 7.24. The number of thiazole rings is 1. The molecule has 0 aliphatic rings. The van der Waals surface area contributed by atoms with Crippen molar-refractivity contribution in [2.45, 2.75) is 11.6 Å². The molecule has 2 heterocycles. The Morgan fingerprint density at radius 2 is 2.17 bits per heavy atom. The average molecular weight is 361 g/mol. The Morgan fingerprint density at radius 1 is 1.29 bits per heavy atom. The summed E-state index contributed by atoms with van der Waals surface area (Å²) in [4.78, 5) is 15.6. The van der Waals surface area contributed by atoms with E-state index in [0.29, 0.717) is 11.7 Å². The minimum Gasteiger partial charge on any atom is -0.338 e. The van der Waals surface area contributed by atoms with Crippen LogP contribution in [0.3, 0.4) is 0 Å². The molecule has 0 aliphatic carbocycles. The van der Waals surface area contributed by atoms with Crippen molar-refractivity contribution in [1.82, 2.24) is 30.5 Å². The average Bonchev–Trinajstić information content (AvgIpc) is 3.27. The summed E-state index contributed by atoms with van der Waals surface area (Å²) in [7, 11) is 0. The zero-order valence-electron chi connectivity index (χ0n) is 12.6. The summed E-state index contributed by atoms with van der Waals surface area (Å²) in [5.74, 6) is 0.796. The molecule has 0 atom stereocenters. The van der Waals surface area contributed by atoms with Crippen molar-refractivity contribution < 1.29 is 4.79 Å². The highest BCUT2D eigenvalue weighted by molar-refractivity contribution is 7.99. The molecule has 0 aliphatic heterocycles. The maximum absolute atomic E-state index is 11.6. The van der Waals surface area contributed by atoms with Crippen molar-refractivity contribution in [3.63, 3.8) is 0 Å². The fraction of sp³-hybridized carbons (Fsp3) is 0.214. The molecule has 2 aromatic heterocycles. The molecular formula is C14H15N7OS2.